The average Bonchev–Trinajstić information content (AvgIpc) is 2.73. The topological polar surface area (TPSA) is 51.0 Å². The fourth-order valence-electron chi connectivity index (χ4n) is 1.59. The highest BCUT2D eigenvalue weighted by molar-refractivity contribution is 6.31. The van der Waals surface area contributed by atoms with E-state index in [1.54, 1.807) is 6.92 Å². The Labute approximate surface area is 105 Å². The second-order valence-electron chi connectivity index (χ2n) is 3.84. The Morgan fingerprint density at radius 2 is 2.12 bits per heavy atom. The molecule has 0 aliphatic carbocycles. The maximum atomic E-state index is 6.11. The molecule has 0 radical (unpaired) electrons. The highest BCUT2D eigenvalue weighted by Crippen LogP contribution is 2.22. The van der Waals surface area contributed by atoms with Gasteiger partial charge in [0.15, 0.2) is 0 Å². The third-order valence-corrected chi connectivity index (χ3v) is 2.84. The number of aryl methyl sites for hydroxylation is 1. The summed E-state index contributed by atoms with van der Waals surface area (Å²) in [6.07, 6.45) is 0. The summed E-state index contributed by atoms with van der Waals surface area (Å²) in [4.78, 5) is 0. The lowest BCUT2D eigenvalue weighted by Crippen LogP contribution is -2.18. The molecule has 1 N–H and O–H groups in total. The van der Waals surface area contributed by atoms with E-state index in [2.05, 4.69) is 15.5 Å². The SMILES string of the molecule is Cc1nnc(CN[C@@H](C)c2ccccc2Cl)o1. The van der Waals surface area contributed by atoms with Crippen LogP contribution in [-0.4, -0.2) is 10.2 Å². The van der Waals surface area contributed by atoms with Crippen LogP contribution in [0.4, 0.5) is 0 Å². The molecule has 2 rings (SSSR count). The van der Waals surface area contributed by atoms with Crippen LogP contribution in [0.1, 0.15) is 30.3 Å². The lowest BCUT2D eigenvalue weighted by molar-refractivity contribution is 0.431. The van der Waals surface area contributed by atoms with Crippen molar-refractivity contribution in [3.63, 3.8) is 0 Å². The van der Waals surface area contributed by atoms with E-state index in [0.29, 0.717) is 18.3 Å². The van der Waals surface area contributed by atoms with Crippen molar-refractivity contribution in [2.24, 2.45) is 0 Å². The molecule has 90 valence electrons. The van der Waals surface area contributed by atoms with Gasteiger partial charge in [-0.1, -0.05) is 29.8 Å². The quantitative estimate of drug-likeness (QED) is 0.908. The minimum absolute atomic E-state index is 0.135. The third-order valence-electron chi connectivity index (χ3n) is 2.50. The molecule has 0 bridgehead atoms. The average molecular weight is 252 g/mol. The summed E-state index contributed by atoms with van der Waals surface area (Å²) in [6.45, 7) is 4.35. The minimum atomic E-state index is 0.135. The molecule has 0 fully saturated rings. The zero-order chi connectivity index (χ0) is 12.3. The molecule has 0 saturated carbocycles. The smallest absolute Gasteiger partial charge is 0.230 e. The molecular formula is C12H14ClN3O. The van der Waals surface area contributed by atoms with Crippen LogP contribution in [0.3, 0.4) is 0 Å². The molecule has 1 aromatic carbocycles. The predicted octanol–water partition coefficient (Wildman–Crippen LogP) is 2.88. The standard InChI is InChI=1S/C12H14ClN3O/c1-8(10-5-3-4-6-11(10)13)14-7-12-16-15-9(2)17-12/h3-6,8,14H,7H2,1-2H3/t8-/m0/s1. The number of halogens is 1. The number of benzene rings is 1. The van der Waals surface area contributed by atoms with Crippen molar-refractivity contribution in [2.45, 2.75) is 26.4 Å². The zero-order valence-corrected chi connectivity index (χ0v) is 10.5. The molecule has 0 amide bonds. The minimum Gasteiger partial charge on any atom is -0.424 e. The molecular weight excluding hydrogens is 238 g/mol. The van der Waals surface area contributed by atoms with Gasteiger partial charge in [-0.3, -0.25) is 0 Å². The van der Waals surface area contributed by atoms with E-state index in [0.717, 1.165) is 10.6 Å². The first-order valence-electron chi connectivity index (χ1n) is 5.43. The largest absolute Gasteiger partial charge is 0.424 e. The molecule has 4 nitrogen and oxygen atoms in total. The van der Waals surface area contributed by atoms with Gasteiger partial charge in [-0.2, -0.15) is 0 Å². The Hall–Kier alpha value is -1.39. The van der Waals surface area contributed by atoms with Crippen molar-refractivity contribution in [1.82, 2.24) is 15.5 Å². The monoisotopic (exact) mass is 251 g/mol. The molecule has 17 heavy (non-hydrogen) atoms. The molecule has 0 aliphatic rings. The Kier molecular flexibility index (Phi) is 3.76. The molecule has 0 saturated heterocycles. The Bertz CT molecular complexity index is 498. The first kappa shape index (κ1) is 12.1. The van der Waals surface area contributed by atoms with E-state index in [1.165, 1.54) is 0 Å². The highest BCUT2D eigenvalue weighted by atomic mass is 35.5. The maximum Gasteiger partial charge on any atom is 0.230 e. The molecule has 1 heterocycles. The van der Waals surface area contributed by atoms with E-state index < -0.39 is 0 Å². The van der Waals surface area contributed by atoms with Gasteiger partial charge in [0.05, 0.1) is 6.54 Å². The number of rotatable bonds is 4. The summed E-state index contributed by atoms with van der Waals surface area (Å²) in [5, 5.41) is 11.7. The van der Waals surface area contributed by atoms with Gasteiger partial charge in [0, 0.05) is 18.0 Å². The Balaban J connectivity index is 1.98. The van der Waals surface area contributed by atoms with Crippen LogP contribution in [-0.2, 0) is 6.54 Å². The molecule has 5 heteroatoms. The Morgan fingerprint density at radius 1 is 1.35 bits per heavy atom. The number of nitrogens with one attached hydrogen (secondary N) is 1. The lowest BCUT2D eigenvalue weighted by Gasteiger charge is -2.14. The van der Waals surface area contributed by atoms with Crippen LogP contribution in [0.15, 0.2) is 28.7 Å². The fourth-order valence-corrected chi connectivity index (χ4v) is 1.88. The van der Waals surface area contributed by atoms with E-state index in [9.17, 15) is 0 Å². The molecule has 0 aliphatic heterocycles. The van der Waals surface area contributed by atoms with Crippen molar-refractivity contribution in [3.05, 3.63) is 46.6 Å². The summed E-state index contributed by atoms with van der Waals surface area (Å²) in [5.74, 6) is 1.16. The molecule has 1 aromatic heterocycles. The van der Waals surface area contributed by atoms with E-state index in [4.69, 9.17) is 16.0 Å². The van der Waals surface area contributed by atoms with Crippen LogP contribution in [0.2, 0.25) is 5.02 Å². The van der Waals surface area contributed by atoms with Crippen molar-refractivity contribution in [2.75, 3.05) is 0 Å². The summed E-state index contributed by atoms with van der Waals surface area (Å²) in [5.41, 5.74) is 1.06. The summed E-state index contributed by atoms with van der Waals surface area (Å²) in [6, 6.07) is 7.90. The first-order chi connectivity index (χ1) is 8.16. The van der Waals surface area contributed by atoms with E-state index >= 15 is 0 Å². The number of hydrogen-bond donors (Lipinski definition) is 1. The van der Waals surface area contributed by atoms with Crippen LogP contribution in [0, 0.1) is 6.92 Å². The number of aromatic nitrogens is 2. The van der Waals surface area contributed by atoms with Gasteiger partial charge >= 0.3 is 0 Å². The number of hydrogen-bond acceptors (Lipinski definition) is 4. The molecule has 0 unspecified atom stereocenters. The van der Waals surface area contributed by atoms with Crippen LogP contribution in [0.5, 0.6) is 0 Å². The third kappa shape index (κ3) is 3.05. The van der Waals surface area contributed by atoms with Crippen molar-refractivity contribution >= 4 is 11.6 Å². The maximum absolute atomic E-state index is 6.11. The molecule has 0 spiro atoms. The van der Waals surface area contributed by atoms with Gasteiger partial charge in [0.2, 0.25) is 11.8 Å². The van der Waals surface area contributed by atoms with Crippen LogP contribution >= 0.6 is 11.6 Å². The summed E-state index contributed by atoms with van der Waals surface area (Å²) in [7, 11) is 0. The van der Waals surface area contributed by atoms with Crippen molar-refractivity contribution in [3.8, 4) is 0 Å². The highest BCUT2D eigenvalue weighted by Gasteiger charge is 2.10. The Morgan fingerprint density at radius 3 is 2.76 bits per heavy atom. The first-order valence-corrected chi connectivity index (χ1v) is 5.81. The fraction of sp³-hybridized carbons (Fsp3) is 0.333. The summed E-state index contributed by atoms with van der Waals surface area (Å²) >= 11 is 6.11. The molecule has 2 aromatic rings. The van der Waals surface area contributed by atoms with Crippen LogP contribution < -0.4 is 5.32 Å². The van der Waals surface area contributed by atoms with Crippen LogP contribution in [0.25, 0.3) is 0 Å². The normalized spacial score (nSPS) is 12.6. The van der Waals surface area contributed by atoms with Crippen molar-refractivity contribution < 1.29 is 4.42 Å². The van der Waals surface area contributed by atoms with Gasteiger partial charge in [-0.15, -0.1) is 10.2 Å². The zero-order valence-electron chi connectivity index (χ0n) is 9.77. The van der Waals surface area contributed by atoms with Crippen molar-refractivity contribution in [1.29, 1.82) is 0 Å². The predicted molar refractivity (Wildman–Crippen MR) is 65.7 cm³/mol. The van der Waals surface area contributed by atoms with Gasteiger partial charge in [0.25, 0.3) is 0 Å². The van der Waals surface area contributed by atoms with Gasteiger partial charge in [-0.25, -0.2) is 0 Å². The van der Waals surface area contributed by atoms with Gasteiger partial charge in [-0.05, 0) is 18.6 Å². The van der Waals surface area contributed by atoms with E-state index in [1.807, 2.05) is 31.2 Å². The second kappa shape index (κ2) is 5.29. The summed E-state index contributed by atoms with van der Waals surface area (Å²) < 4.78 is 5.28. The second-order valence-corrected chi connectivity index (χ2v) is 4.25. The molecule has 1 atom stereocenters. The van der Waals surface area contributed by atoms with Gasteiger partial charge < -0.3 is 9.73 Å². The van der Waals surface area contributed by atoms with E-state index in [-0.39, 0.29) is 6.04 Å². The lowest BCUT2D eigenvalue weighted by atomic mass is 10.1. The van der Waals surface area contributed by atoms with Gasteiger partial charge in [0.1, 0.15) is 0 Å². The number of nitrogens with zero attached hydrogens (tertiary/aromatic N) is 2.